The van der Waals surface area contributed by atoms with Crippen LogP contribution in [-0.4, -0.2) is 0 Å². The van der Waals surface area contributed by atoms with Crippen molar-refractivity contribution in [3.8, 4) is 5.75 Å². The lowest BCUT2D eigenvalue weighted by atomic mass is 10.1. The van der Waals surface area contributed by atoms with Crippen molar-refractivity contribution in [2.75, 3.05) is 5.32 Å². The van der Waals surface area contributed by atoms with Crippen molar-refractivity contribution in [3.05, 3.63) is 92.4 Å². The Balaban J connectivity index is 1.66. The highest BCUT2D eigenvalue weighted by Gasteiger charge is 2.10. The number of nitrogens with one attached hydrogen (secondary N) is 1. The van der Waals surface area contributed by atoms with Crippen molar-refractivity contribution >= 4 is 40.5 Å². The third-order valence-corrected chi connectivity index (χ3v) is 4.68. The Labute approximate surface area is 168 Å². The predicted octanol–water partition coefficient (Wildman–Crippen LogP) is 7.15. The van der Waals surface area contributed by atoms with Crippen LogP contribution in [0.15, 0.2) is 60.7 Å². The highest BCUT2D eigenvalue weighted by Crippen LogP contribution is 2.35. The van der Waals surface area contributed by atoms with Crippen LogP contribution in [0.3, 0.4) is 0 Å². The predicted molar refractivity (Wildman–Crippen MR) is 111 cm³/mol. The van der Waals surface area contributed by atoms with E-state index in [2.05, 4.69) is 12.2 Å². The molecule has 0 unspecified atom stereocenters. The molecule has 0 aliphatic carbocycles. The van der Waals surface area contributed by atoms with Crippen molar-refractivity contribution in [1.82, 2.24) is 0 Å². The summed E-state index contributed by atoms with van der Waals surface area (Å²) in [6, 6.07) is 19.4. The van der Waals surface area contributed by atoms with Gasteiger partial charge < -0.3 is 10.1 Å². The minimum Gasteiger partial charge on any atom is -0.486 e. The van der Waals surface area contributed by atoms with Gasteiger partial charge in [-0.3, -0.25) is 0 Å². The molecule has 0 aromatic heterocycles. The van der Waals surface area contributed by atoms with Gasteiger partial charge in [-0.05, 0) is 48.4 Å². The molecule has 0 fully saturated rings. The molecule has 3 rings (SSSR count). The normalized spacial score (nSPS) is 10.6. The number of aryl methyl sites for hydroxylation is 1. The first kappa shape index (κ1) is 18.9. The van der Waals surface area contributed by atoms with E-state index in [0.29, 0.717) is 34.0 Å². The molecule has 3 aromatic rings. The topological polar surface area (TPSA) is 21.3 Å². The SMILES string of the molecule is Cc1ccc(COc2c(Cl)cc(CNc3cccc(Cl)c3)cc2Cl)cc1. The first-order chi connectivity index (χ1) is 12.5. The molecule has 0 heterocycles. The first-order valence-electron chi connectivity index (χ1n) is 8.17. The van der Waals surface area contributed by atoms with Gasteiger partial charge in [0.05, 0.1) is 10.0 Å². The van der Waals surface area contributed by atoms with Crippen LogP contribution in [0.2, 0.25) is 15.1 Å². The Morgan fingerprint density at radius 3 is 2.19 bits per heavy atom. The number of benzene rings is 3. The van der Waals surface area contributed by atoms with E-state index in [0.717, 1.165) is 16.8 Å². The van der Waals surface area contributed by atoms with Crippen molar-refractivity contribution in [3.63, 3.8) is 0 Å². The summed E-state index contributed by atoms with van der Waals surface area (Å²) in [4.78, 5) is 0. The Morgan fingerprint density at radius 2 is 1.54 bits per heavy atom. The van der Waals surface area contributed by atoms with Crippen LogP contribution >= 0.6 is 34.8 Å². The summed E-state index contributed by atoms with van der Waals surface area (Å²) in [6.45, 7) is 3.05. The van der Waals surface area contributed by atoms with Gasteiger partial charge in [0.25, 0.3) is 0 Å². The highest BCUT2D eigenvalue weighted by molar-refractivity contribution is 6.37. The lowest BCUT2D eigenvalue weighted by Crippen LogP contribution is -2.01. The summed E-state index contributed by atoms with van der Waals surface area (Å²) >= 11 is 18.7. The maximum Gasteiger partial charge on any atom is 0.156 e. The second-order valence-electron chi connectivity index (χ2n) is 6.03. The minimum absolute atomic E-state index is 0.416. The molecule has 0 amide bonds. The number of hydrogen-bond acceptors (Lipinski definition) is 2. The van der Waals surface area contributed by atoms with Gasteiger partial charge in [-0.15, -0.1) is 0 Å². The van der Waals surface area contributed by atoms with E-state index in [-0.39, 0.29) is 0 Å². The second-order valence-corrected chi connectivity index (χ2v) is 7.28. The van der Waals surface area contributed by atoms with Crippen molar-refractivity contribution < 1.29 is 4.74 Å². The molecule has 0 bridgehead atoms. The van der Waals surface area contributed by atoms with Crippen LogP contribution in [0.25, 0.3) is 0 Å². The summed E-state index contributed by atoms with van der Waals surface area (Å²) in [6.07, 6.45) is 0. The molecule has 2 nitrogen and oxygen atoms in total. The van der Waals surface area contributed by atoms with Crippen LogP contribution in [0.5, 0.6) is 5.75 Å². The summed E-state index contributed by atoms with van der Waals surface area (Å²) in [5, 5.41) is 4.97. The molecular formula is C21H18Cl3NO. The van der Waals surface area contributed by atoms with Gasteiger partial charge in [0.2, 0.25) is 0 Å². The number of halogens is 3. The summed E-state index contributed by atoms with van der Waals surface area (Å²) < 4.78 is 5.83. The average Bonchev–Trinajstić information content (AvgIpc) is 2.61. The van der Waals surface area contributed by atoms with E-state index in [1.807, 2.05) is 60.7 Å². The van der Waals surface area contributed by atoms with Crippen LogP contribution in [0.4, 0.5) is 5.69 Å². The number of anilines is 1. The second kappa shape index (κ2) is 8.68. The van der Waals surface area contributed by atoms with Gasteiger partial charge >= 0.3 is 0 Å². The summed E-state index contributed by atoms with van der Waals surface area (Å²) in [7, 11) is 0. The molecule has 0 atom stereocenters. The van der Waals surface area contributed by atoms with Gasteiger partial charge in [0, 0.05) is 17.3 Å². The first-order valence-corrected chi connectivity index (χ1v) is 9.30. The lowest BCUT2D eigenvalue weighted by Gasteiger charge is -2.13. The van der Waals surface area contributed by atoms with E-state index in [1.54, 1.807) is 0 Å². The van der Waals surface area contributed by atoms with Gasteiger partial charge in [-0.2, -0.15) is 0 Å². The lowest BCUT2D eigenvalue weighted by molar-refractivity contribution is 0.306. The monoisotopic (exact) mass is 405 g/mol. The largest absolute Gasteiger partial charge is 0.486 e. The minimum atomic E-state index is 0.416. The molecular weight excluding hydrogens is 389 g/mol. The van der Waals surface area contributed by atoms with E-state index >= 15 is 0 Å². The molecule has 0 aliphatic heterocycles. The molecule has 0 saturated carbocycles. The number of hydrogen-bond donors (Lipinski definition) is 1. The Kier molecular flexibility index (Phi) is 6.31. The van der Waals surface area contributed by atoms with Crippen molar-refractivity contribution in [2.24, 2.45) is 0 Å². The van der Waals surface area contributed by atoms with E-state index in [1.165, 1.54) is 5.56 Å². The molecule has 5 heteroatoms. The quantitative estimate of drug-likeness (QED) is 0.469. The molecule has 0 spiro atoms. The Morgan fingerprint density at radius 1 is 0.846 bits per heavy atom. The zero-order chi connectivity index (χ0) is 18.5. The smallest absolute Gasteiger partial charge is 0.156 e. The molecule has 1 N–H and O–H groups in total. The molecule has 0 aliphatic rings. The van der Waals surface area contributed by atoms with Gasteiger partial charge in [-0.1, -0.05) is 70.7 Å². The third kappa shape index (κ3) is 5.07. The van der Waals surface area contributed by atoms with Crippen LogP contribution in [0.1, 0.15) is 16.7 Å². The molecule has 0 saturated heterocycles. The number of rotatable bonds is 6. The van der Waals surface area contributed by atoms with Crippen LogP contribution in [-0.2, 0) is 13.2 Å². The fourth-order valence-corrected chi connectivity index (χ4v) is 3.33. The third-order valence-electron chi connectivity index (χ3n) is 3.88. The fourth-order valence-electron chi connectivity index (χ4n) is 2.49. The molecule has 3 aromatic carbocycles. The van der Waals surface area contributed by atoms with Crippen LogP contribution in [0, 0.1) is 6.92 Å². The molecule has 134 valence electrons. The van der Waals surface area contributed by atoms with E-state index < -0.39 is 0 Å². The zero-order valence-corrected chi connectivity index (χ0v) is 16.5. The Hall–Kier alpha value is -1.87. The zero-order valence-electron chi connectivity index (χ0n) is 14.2. The maximum absolute atomic E-state index is 6.37. The van der Waals surface area contributed by atoms with Gasteiger partial charge in [0.1, 0.15) is 6.61 Å². The summed E-state index contributed by atoms with van der Waals surface area (Å²) in [5.74, 6) is 0.500. The molecule has 0 radical (unpaired) electrons. The molecule has 26 heavy (non-hydrogen) atoms. The van der Waals surface area contributed by atoms with E-state index in [9.17, 15) is 0 Å². The van der Waals surface area contributed by atoms with Crippen molar-refractivity contribution in [2.45, 2.75) is 20.1 Å². The van der Waals surface area contributed by atoms with Gasteiger partial charge in [0.15, 0.2) is 5.75 Å². The standard InChI is InChI=1S/C21H18Cl3NO/c1-14-5-7-15(8-6-14)13-26-21-19(23)9-16(10-20(21)24)12-25-18-4-2-3-17(22)11-18/h2-11,25H,12-13H2,1H3. The van der Waals surface area contributed by atoms with Crippen molar-refractivity contribution in [1.29, 1.82) is 0 Å². The van der Waals surface area contributed by atoms with Crippen LogP contribution < -0.4 is 10.1 Å². The number of ether oxygens (including phenoxy) is 1. The summed E-state index contributed by atoms with van der Waals surface area (Å²) in [5.41, 5.74) is 4.17. The highest BCUT2D eigenvalue weighted by atomic mass is 35.5. The fraction of sp³-hybridized carbons (Fsp3) is 0.143. The Bertz CT molecular complexity index is 871. The van der Waals surface area contributed by atoms with E-state index in [4.69, 9.17) is 39.5 Å². The average molecular weight is 407 g/mol. The maximum atomic E-state index is 6.37. The van der Waals surface area contributed by atoms with Gasteiger partial charge in [-0.25, -0.2) is 0 Å².